The predicted molar refractivity (Wildman–Crippen MR) is 71.6 cm³/mol. The Kier molecular flexibility index (Phi) is 3.06. The van der Waals surface area contributed by atoms with E-state index in [-0.39, 0.29) is 5.92 Å². The summed E-state index contributed by atoms with van der Waals surface area (Å²) in [5, 5.41) is 9.69. The molecular weight excluding hydrogens is 268 g/mol. The van der Waals surface area contributed by atoms with E-state index in [1.165, 1.54) is 0 Å². The van der Waals surface area contributed by atoms with Crippen molar-refractivity contribution in [1.82, 2.24) is 4.98 Å². The van der Waals surface area contributed by atoms with Gasteiger partial charge in [0, 0.05) is 18.1 Å². The number of aliphatic carboxylic acids is 1. The molecule has 1 aromatic heterocycles. The number of rotatable bonds is 2. The van der Waals surface area contributed by atoms with E-state index in [0.29, 0.717) is 35.1 Å². The van der Waals surface area contributed by atoms with Crippen molar-refractivity contribution in [2.45, 2.75) is 12.8 Å². The van der Waals surface area contributed by atoms with Gasteiger partial charge in [-0.15, -0.1) is 0 Å². The number of carbonyl (C=O) groups is 1. The second-order valence-corrected chi connectivity index (χ2v) is 5.17. The maximum Gasteiger partial charge on any atom is 0.308 e. The van der Waals surface area contributed by atoms with Crippen LogP contribution in [0.2, 0.25) is 5.02 Å². The lowest BCUT2D eigenvalue weighted by Crippen LogP contribution is -2.38. The van der Waals surface area contributed by atoms with Crippen LogP contribution in [0.1, 0.15) is 12.8 Å². The molecule has 0 unspecified atom stereocenters. The van der Waals surface area contributed by atoms with Crippen molar-refractivity contribution in [2.24, 2.45) is 5.92 Å². The molecule has 0 spiro atoms. The number of benzene rings is 1. The Hall–Kier alpha value is -1.75. The number of carboxylic acid groups (broad SMARTS) is 1. The summed E-state index contributed by atoms with van der Waals surface area (Å²) in [5.74, 6) is -1.11. The van der Waals surface area contributed by atoms with E-state index in [4.69, 9.17) is 21.1 Å². The number of anilines is 1. The van der Waals surface area contributed by atoms with Crippen LogP contribution in [-0.4, -0.2) is 29.1 Å². The molecule has 1 atom stereocenters. The molecule has 0 bridgehead atoms. The summed E-state index contributed by atoms with van der Waals surface area (Å²) in [4.78, 5) is 17.3. The Morgan fingerprint density at radius 2 is 2.37 bits per heavy atom. The number of aromatic nitrogens is 1. The third kappa shape index (κ3) is 2.38. The molecule has 1 aliphatic rings. The summed E-state index contributed by atoms with van der Waals surface area (Å²) in [5.41, 5.74) is 1.36. The van der Waals surface area contributed by atoms with Crippen LogP contribution in [0.5, 0.6) is 0 Å². The first-order valence-electron chi connectivity index (χ1n) is 6.17. The van der Waals surface area contributed by atoms with Gasteiger partial charge in [-0.1, -0.05) is 11.6 Å². The summed E-state index contributed by atoms with van der Waals surface area (Å²) < 4.78 is 5.65. The van der Waals surface area contributed by atoms with Crippen molar-refractivity contribution in [3.63, 3.8) is 0 Å². The van der Waals surface area contributed by atoms with Gasteiger partial charge in [0.15, 0.2) is 5.58 Å². The summed E-state index contributed by atoms with van der Waals surface area (Å²) in [6.07, 6.45) is 1.54. The number of carboxylic acids is 1. The largest absolute Gasteiger partial charge is 0.481 e. The van der Waals surface area contributed by atoms with Gasteiger partial charge in [0.25, 0.3) is 6.01 Å². The molecule has 1 N–H and O–H groups in total. The topological polar surface area (TPSA) is 66.6 Å². The van der Waals surface area contributed by atoms with E-state index < -0.39 is 5.97 Å². The fraction of sp³-hybridized carbons (Fsp3) is 0.385. The highest BCUT2D eigenvalue weighted by Gasteiger charge is 2.27. The molecule has 0 aliphatic carbocycles. The van der Waals surface area contributed by atoms with Crippen molar-refractivity contribution >= 4 is 34.7 Å². The van der Waals surface area contributed by atoms with Crippen LogP contribution in [-0.2, 0) is 4.79 Å². The highest BCUT2D eigenvalue weighted by molar-refractivity contribution is 6.31. The average molecular weight is 281 g/mol. The number of hydrogen-bond donors (Lipinski definition) is 1. The molecule has 1 fully saturated rings. The minimum absolute atomic E-state index is 0.354. The molecule has 1 aromatic carbocycles. The lowest BCUT2D eigenvalue weighted by Gasteiger charge is -2.29. The first-order chi connectivity index (χ1) is 9.13. The van der Waals surface area contributed by atoms with Crippen molar-refractivity contribution in [3.05, 3.63) is 23.2 Å². The average Bonchev–Trinajstić information content (AvgIpc) is 2.81. The van der Waals surface area contributed by atoms with Gasteiger partial charge in [0.2, 0.25) is 0 Å². The van der Waals surface area contributed by atoms with Gasteiger partial charge >= 0.3 is 5.97 Å². The molecule has 0 radical (unpaired) electrons. The standard InChI is InChI=1S/C13H13ClN2O3/c14-9-3-4-11-10(6-9)15-13(19-11)16-5-1-2-8(7-16)12(17)18/h3-4,6,8H,1-2,5,7H2,(H,17,18)/t8-/m0/s1. The maximum absolute atomic E-state index is 11.1. The number of halogens is 1. The molecule has 0 saturated carbocycles. The fourth-order valence-corrected chi connectivity index (χ4v) is 2.54. The van der Waals surface area contributed by atoms with Gasteiger partial charge in [0.1, 0.15) is 5.52 Å². The molecule has 19 heavy (non-hydrogen) atoms. The van der Waals surface area contributed by atoms with E-state index in [1.54, 1.807) is 18.2 Å². The van der Waals surface area contributed by atoms with Crippen molar-refractivity contribution < 1.29 is 14.3 Å². The maximum atomic E-state index is 11.1. The molecule has 2 aromatic rings. The van der Waals surface area contributed by atoms with Crippen LogP contribution < -0.4 is 4.90 Å². The zero-order chi connectivity index (χ0) is 13.4. The minimum Gasteiger partial charge on any atom is -0.481 e. The molecule has 100 valence electrons. The first-order valence-corrected chi connectivity index (χ1v) is 6.55. The Balaban J connectivity index is 1.89. The van der Waals surface area contributed by atoms with Gasteiger partial charge in [-0.3, -0.25) is 4.79 Å². The van der Waals surface area contributed by atoms with Gasteiger partial charge in [-0.05, 0) is 31.0 Å². The normalized spacial score (nSPS) is 19.8. The van der Waals surface area contributed by atoms with E-state index in [1.807, 2.05) is 4.90 Å². The minimum atomic E-state index is -0.760. The zero-order valence-electron chi connectivity index (χ0n) is 10.2. The monoisotopic (exact) mass is 280 g/mol. The number of piperidine rings is 1. The number of fused-ring (bicyclic) bond motifs is 1. The second-order valence-electron chi connectivity index (χ2n) is 4.73. The Morgan fingerprint density at radius 1 is 1.53 bits per heavy atom. The van der Waals surface area contributed by atoms with E-state index >= 15 is 0 Å². The molecule has 5 nitrogen and oxygen atoms in total. The summed E-state index contributed by atoms with van der Waals surface area (Å²) in [6.45, 7) is 1.21. The van der Waals surface area contributed by atoms with Crippen molar-refractivity contribution in [2.75, 3.05) is 18.0 Å². The van der Waals surface area contributed by atoms with Crippen molar-refractivity contribution in [3.8, 4) is 0 Å². The molecule has 1 saturated heterocycles. The lowest BCUT2D eigenvalue weighted by atomic mass is 9.99. The third-order valence-electron chi connectivity index (χ3n) is 3.38. The smallest absolute Gasteiger partial charge is 0.308 e. The summed E-state index contributed by atoms with van der Waals surface area (Å²) in [6, 6.07) is 5.73. The highest BCUT2D eigenvalue weighted by Crippen LogP contribution is 2.27. The Bertz CT molecular complexity index is 625. The molecule has 3 rings (SSSR count). The van der Waals surface area contributed by atoms with E-state index in [9.17, 15) is 4.79 Å². The molecular formula is C13H13ClN2O3. The second kappa shape index (κ2) is 4.74. The predicted octanol–water partition coefficient (Wildman–Crippen LogP) is 2.78. The quantitative estimate of drug-likeness (QED) is 0.916. The Morgan fingerprint density at radius 3 is 3.16 bits per heavy atom. The van der Waals surface area contributed by atoms with Crippen LogP contribution in [0.25, 0.3) is 11.1 Å². The van der Waals surface area contributed by atoms with E-state index in [0.717, 1.165) is 13.0 Å². The zero-order valence-corrected chi connectivity index (χ0v) is 10.9. The highest BCUT2D eigenvalue weighted by atomic mass is 35.5. The number of hydrogen-bond acceptors (Lipinski definition) is 4. The van der Waals surface area contributed by atoms with Crippen LogP contribution in [0, 0.1) is 5.92 Å². The first kappa shape index (κ1) is 12.3. The van der Waals surface area contributed by atoms with Gasteiger partial charge < -0.3 is 14.4 Å². The SMILES string of the molecule is O=C(O)[C@H]1CCCN(c2nc3cc(Cl)ccc3o2)C1. The van der Waals surface area contributed by atoms with Crippen LogP contribution >= 0.6 is 11.6 Å². The molecule has 6 heteroatoms. The third-order valence-corrected chi connectivity index (χ3v) is 3.61. The summed E-state index contributed by atoms with van der Waals surface area (Å²) in [7, 11) is 0. The molecule has 2 heterocycles. The fourth-order valence-electron chi connectivity index (χ4n) is 2.38. The van der Waals surface area contributed by atoms with Crippen LogP contribution in [0.15, 0.2) is 22.6 Å². The lowest BCUT2D eigenvalue weighted by molar-refractivity contribution is -0.141. The summed E-state index contributed by atoms with van der Waals surface area (Å²) >= 11 is 5.91. The van der Waals surface area contributed by atoms with Crippen LogP contribution in [0.4, 0.5) is 6.01 Å². The van der Waals surface area contributed by atoms with E-state index in [2.05, 4.69) is 4.98 Å². The number of oxazole rings is 1. The Labute approximate surface area is 114 Å². The van der Waals surface area contributed by atoms with Gasteiger partial charge in [0.05, 0.1) is 5.92 Å². The van der Waals surface area contributed by atoms with Crippen LogP contribution in [0.3, 0.4) is 0 Å². The number of nitrogens with zero attached hydrogens (tertiary/aromatic N) is 2. The molecule has 1 aliphatic heterocycles. The van der Waals surface area contributed by atoms with Gasteiger partial charge in [-0.25, -0.2) is 0 Å². The van der Waals surface area contributed by atoms with Crippen molar-refractivity contribution in [1.29, 1.82) is 0 Å². The molecule has 0 amide bonds. The van der Waals surface area contributed by atoms with Gasteiger partial charge in [-0.2, -0.15) is 4.98 Å².